The van der Waals surface area contributed by atoms with Crippen LogP contribution < -0.4 is 5.73 Å². The van der Waals surface area contributed by atoms with Gasteiger partial charge in [-0.05, 0) is 13.8 Å². The van der Waals surface area contributed by atoms with Crippen LogP contribution in [0.3, 0.4) is 0 Å². The first kappa shape index (κ1) is 16.4. The molecule has 8 heteroatoms. The first-order valence-corrected chi connectivity index (χ1v) is 5.56. The summed E-state index contributed by atoms with van der Waals surface area (Å²) in [7, 11) is 1.16. The van der Waals surface area contributed by atoms with Gasteiger partial charge in [0.25, 0.3) is 5.91 Å². The Morgan fingerprint density at radius 1 is 1.00 bits per heavy atom. The monoisotopic (exact) mass is 296 g/mol. The van der Waals surface area contributed by atoms with Crippen LogP contribution in [0, 0.1) is 29.1 Å². The molecule has 0 heterocycles. The lowest BCUT2D eigenvalue weighted by molar-refractivity contribution is 0.0626. The number of nitrogens with two attached hydrogens (primary N) is 1. The maximum absolute atomic E-state index is 13.5. The zero-order valence-electron chi connectivity index (χ0n) is 11.0. The van der Waals surface area contributed by atoms with Gasteiger partial charge in [-0.25, -0.2) is 22.0 Å². The van der Waals surface area contributed by atoms with Crippen molar-refractivity contribution >= 4 is 5.91 Å². The quantitative estimate of drug-likeness (QED) is 0.528. The molecule has 0 aliphatic heterocycles. The average molecular weight is 296 g/mol. The van der Waals surface area contributed by atoms with E-state index in [9.17, 15) is 26.7 Å². The molecule has 0 atom stereocenters. The minimum atomic E-state index is -2.31. The molecule has 0 radical (unpaired) electrons. The van der Waals surface area contributed by atoms with E-state index in [0.717, 1.165) is 11.9 Å². The topological polar surface area (TPSA) is 46.3 Å². The molecule has 1 rings (SSSR count). The molecular weight excluding hydrogens is 283 g/mol. The number of carbonyl (C=O) groups excluding carboxylic acids is 1. The van der Waals surface area contributed by atoms with Gasteiger partial charge in [-0.2, -0.15) is 0 Å². The Bertz CT molecular complexity index is 530. The number of likely N-dealkylation sites (N-methyl/N-ethyl adjacent to an activating group) is 1. The van der Waals surface area contributed by atoms with Crippen LogP contribution in [0.25, 0.3) is 0 Å². The molecular formula is C12H13F5N2O. The highest BCUT2D eigenvalue weighted by Gasteiger charge is 2.35. The van der Waals surface area contributed by atoms with Gasteiger partial charge >= 0.3 is 0 Å². The predicted molar refractivity (Wildman–Crippen MR) is 61.5 cm³/mol. The van der Waals surface area contributed by atoms with Crippen LogP contribution >= 0.6 is 0 Å². The molecule has 0 spiro atoms. The third-order valence-electron chi connectivity index (χ3n) is 3.14. The molecule has 0 saturated carbocycles. The van der Waals surface area contributed by atoms with E-state index in [2.05, 4.69) is 0 Å². The molecule has 0 bridgehead atoms. The number of nitrogens with zero attached hydrogens (tertiary/aromatic N) is 1. The second-order valence-corrected chi connectivity index (χ2v) is 4.83. The third kappa shape index (κ3) is 2.47. The van der Waals surface area contributed by atoms with Crippen LogP contribution in [-0.4, -0.2) is 29.9 Å². The van der Waals surface area contributed by atoms with Crippen molar-refractivity contribution in [2.45, 2.75) is 19.4 Å². The normalized spacial score (nSPS) is 11.7. The van der Waals surface area contributed by atoms with Crippen molar-refractivity contribution in [1.29, 1.82) is 0 Å². The summed E-state index contributed by atoms with van der Waals surface area (Å²) in [6.45, 7) is 2.90. The van der Waals surface area contributed by atoms with Crippen molar-refractivity contribution in [3.63, 3.8) is 0 Å². The number of rotatable bonds is 3. The van der Waals surface area contributed by atoms with Crippen LogP contribution in [0.15, 0.2) is 0 Å². The summed E-state index contributed by atoms with van der Waals surface area (Å²) in [5.41, 5.74) is 2.88. The van der Waals surface area contributed by atoms with E-state index in [1.165, 1.54) is 13.8 Å². The fourth-order valence-corrected chi connectivity index (χ4v) is 1.37. The highest BCUT2D eigenvalue weighted by atomic mass is 19.2. The summed E-state index contributed by atoms with van der Waals surface area (Å²) in [6, 6.07) is 0. The van der Waals surface area contributed by atoms with E-state index in [1.807, 2.05) is 0 Å². The van der Waals surface area contributed by atoms with Crippen LogP contribution in [0.1, 0.15) is 24.2 Å². The summed E-state index contributed by atoms with van der Waals surface area (Å²) in [5, 5.41) is 0. The van der Waals surface area contributed by atoms with Gasteiger partial charge in [0.2, 0.25) is 5.82 Å². The lowest BCUT2D eigenvalue weighted by Gasteiger charge is -2.34. The van der Waals surface area contributed by atoms with E-state index < -0.39 is 46.1 Å². The van der Waals surface area contributed by atoms with E-state index in [0.29, 0.717) is 0 Å². The minimum absolute atomic E-state index is 0.0648. The van der Waals surface area contributed by atoms with Gasteiger partial charge in [0, 0.05) is 19.1 Å². The van der Waals surface area contributed by atoms with Gasteiger partial charge in [0.1, 0.15) is 5.56 Å². The molecule has 0 fully saturated rings. The van der Waals surface area contributed by atoms with Crippen molar-refractivity contribution in [1.82, 2.24) is 4.90 Å². The highest BCUT2D eigenvalue weighted by Crippen LogP contribution is 2.25. The molecule has 1 amide bonds. The molecule has 112 valence electrons. The van der Waals surface area contributed by atoms with Gasteiger partial charge in [0.05, 0.1) is 0 Å². The Hall–Kier alpha value is -1.70. The van der Waals surface area contributed by atoms with Gasteiger partial charge in [0.15, 0.2) is 23.3 Å². The molecule has 3 nitrogen and oxygen atoms in total. The van der Waals surface area contributed by atoms with E-state index >= 15 is 0 Å². The Morgan fingerprint density at radius 3 is 1.70 bits per heavy atom. The van der Waals surface area contributed by atoms with Crippen LogP contribution in [-0.2, 0) is 0 Å². The zero-order valence-corrected chi connectivity index (χ0v) is 11.0. The number of benzene rings is 1. The first-order chi connectivity index (χ1) is 9.06. The van der Waals surface area contributed by atoms with Crippen LogP contribution in [0.2, 0.25) is 0 Å². The molecule has 0 aliphatic rings. The van der Waals surface area contributed by atoms with Crippen molar-refractivity contribution < 1.29 is 26.7 Å². The van der Waals surface area contributed by atoms with Gasteiger partial charge < -0.3 is 10.6 Å². The highest BCUT2D eigenvalue weighted by molar-refractivity contribution is 5.95. The van der Waals surface area contributed by atoms with E-state index in [-0.39, 0.29) is 6.54 Å². The third-order valence-corrected chi connectivity index (χ3v) is 3.14. The Kier molecular flexibility index (Phi) is 4.38. The average Bonchev–Trinajstić information content (AvgIpc) is 2.42. The Labute approximate surface area is 112 Å². The summed E-state index contributed by atoms with van der Waals surface area (Å²) < 4.78 is 66.0. The van der Waals surface area contributed by atoms with Crippen LogP contribution in [0.5, 0.6) is 0 Å². The lowest BCUT2D eigenvalue weighted by Crippen LogP contribution is -2.50. The Balaban J connectivity index is 3.45. The van der Waals surface area contributed by atoms with Crippen molar-refractivity contribution in [2.75, 3.05) is 13.6 Å². The molecule has 1 aromatic carbocycles. The first-order valence-electron chi connectivity index (χ1n) is 5.56. The summed E-state index contributed by atoms with van der Waals surface area (Å²) >= 11 is 0. The molecule has 20 heavy (non-hydrogen) atoms. The molecule has 2 N–H and O–H groups in total. The second kappa shape index (κ2) is 5.35. The molecule has 0 saturated heterocycles. The maximum Gasteiger partial charge on any atom is 0.260 e. The predicted octanol–water partition coefficient (Wildman–Crippen LogP) is 2.19. The van der Waals surface area contributed by atoms with E-state index in [4.69, 9.17) is 5.73 Å². The van der Waals surface area contributed by atoms with Crippen LogP contribution in [0.4, 0.5) is 22.0 Å². The van der Waals surface area contributed by atoms with Gasteiger partial charge in [-0.15, -0.1) is 0 Å². The molecule has 0 unspecified atom stereocenters. The van der Waals surface area contributed by atoms with E-state index in [1.54, 1.807) is 0 Å². The van der Waals surface area contributed by atoms with Crippen molar-refractivity contribution in [3.8, 4) is 0 Å². The SMILES string of the molecule is CN(C(=O)c1c(F)c(F)c(F)c(F)c1F)C(C)(C)CN. The van der Waals surface area contributed by atoms with Gasteiger partial charge in [-0.1, -0.05) is 0 Å². The maximum atomic E-state index is 13.5. The molecule has 0 aromatic heterocycles. The number of carbonyl (C=O) groups is 1. The molecule has 1 aromatic rings. The van der Waals surface area contributed by atoms with Gasteiger partial charge in [-0.3, -0.25) is 4.79 Å². The Morgan fingerprint density at radius 2 is 1.35 bits per heavy atom. The smallest absolute Gasteiger partial charge is 0.260 e. The zero-order chi connectivity index (χ0) is 15.8. The lowest BCUT2D eigenvalue weighted by atomic mass is 10.0. The standard InChI is InChI=1S/C12H13F5N2O/c1-12(2,4-18)19(3)11(20)5-6(13)8(15)10(17)9(16)7(5)14/h4,18H2,1-3H3. The number of amides is 1. The summed E-state index contributed by atoms with van der Waals surface area (Å²) in [5.74, 6) is -12.3. The van der Waals surface area contributed by atoms with Crippen molar-refractivity contribution in [2.24, 2.45) is 5.73 Å². The fourth-order valence-electron chi connectivity index (χ4n) is 1.37. The van der Waals surface area contributed by atoms with Crippen molar-refractivity contribution in [3.05, 3.63) is 34.6 Å². The number of halogens is 5. The fraction of sp³-hybridized carbons (Fsp3) is 0.417. The number of hydrogen-bond acceptors (Lipinski definition) is 2. The summed E-state index contributed by atoms with van der Waals surface area (Å²) in [4.78, 5) is 12.8. The number of hydrogen-bond donors (Lipinski definition) is 1. The second-order valence-electron chi connectivity index (χ2n) is 4.83. The minimum Gasteiger partial charge on any atom is -0.335 e. The molecule has 0 aliphatic carbocycles. The largest absolute Gasteiger partial charge is 0.335 e. The summed E-state index contributed by atoms with van der Waals surface area (Å²) in [6.07, 6.45) is 0.